The van der Waals surface area contributed by atoms with Crippen LogP contribution in [-0.4, -0.2) is 21.0 Å². The molecule has 0 radical (unpaired) electrons. The van der Waals surface area contributed by atoms with Crippen LogP contribution < -0.4 is 0 Å². The summed E-state index contributed by atoms with van der Waals surface area (Å²) in [5.41, 5.74) is 7.55. The molecule has 0 bridgehead atoms. The van der Waals surface area contributed by atoms with Crippen molar-refractivity contribution in [2.24, 2.45) is 0 Å². The largest absolute Gasteiger partial charge is 0.326 e. The second-order valence-electron chi connectivity index (χ2n) is 9.87. The Morgan fingerprint density at radius 2 is 1.42 bits per heavy atom. The van der Waals surface area contributed by atoms with Crippen molar-refractivity contribution in [1.29, 1.82) is 0 Å². The molecule has 4 rings (SSSR count). The van der Waals surface area contributed by atoms with E-state index in [0.717, 1.165) is 37.7 Å². The smallest absolute Gasteiger partial charge is 0.140 e. The third kappa shape index (κ3) is 6.73. The van der Waals surface area contributed by atoms with E-state index in [9.17, 15) is 0 Å². The van der Waals surface area contributed by atoms with Crippen molar-refractivity contribution < 1.29 is 0 Å². The summed E-state index contributed by atoms with van der Waals surface area (Å²) in [6, 6.07) is 30.4. The molecule has 0 amide bonds. The standard InChI is InChI=1S/C33H41N3/c1-4-6-14-23-36-31(26-35(22-7-5-2)25-28-17-15-16-27(3)24-28)32(29-18-10-8-11-19-29)34-33(36)30-20-12-9-13-21-30/h8-13,15-21,24H,4-7,14,22-23,25-26H2,1-3H3. The van der Waals surface area contributed by atoms with Gasteiger partial charge in [-0.2, -0.15) is 0 Å². The van der Waals surface area contributed by atoms with Gasteiger partial charge in [0.25, 0.3) is 0 Å². The summed E-state index contributed by atoms with van der Waals surface area (Å²) in [7, 11) is 0. The molecule has 3 heteroatoms. The zero-order chi connectivity index (χ0) is 25.2. The van der Waals surface area contributed by atoms with Gasteiger partial charge in [0.1, 0.15) is 5.82 Å². The van der Waals surface area contributed by atoms with Gasteiger partial charge in [-0.3, -0.25) is 4.90 Å². The highest BCUT2D eigenvalue weighted by atomic mass is 15.2. The number of imidazole rings is 1. The molecule has 3 aromatic carbocycles. The predicted octanol–water partition coefficient (Wildman–Crippen LogP) is 8.52. The minimum Gasteiger partial charge on any atom is -0.326 e. The predicted molar refractivity (Wildman–Crippen MR) is 153 cm³/mol. The average Bonchev–Trinajstić information content (AvgIpc) is 3.26. The second-order valence-corrected chi connectivity index (χ2v) is 9.87. The van der Waals surface area contributed by atoms with Crippen molar-refractivity contribution in [2.45, 2.75) is 72.5 Å². The highest BCUT2D eigenvalue weighted by molar-refractivity contribution is 5.68. The fraction of sp³-hybridized carbons (Fsp3) is 0.364. The van der Waals surface area contributed by atoms with E-state index in [1.54, 1.807) is 0 Å². The molecule has 1 aromatic heterocycles. The number of nitrogens with zero attached hydrogens (tertiary/aromatic N) is 3. The number of hydrogen-bond acceptors (Lipinski definition) is 2. The van der Waals surface area contributed by atoms with Gasteiger partial charge in [-0.25, -0.2) is 4.98 Å². The number of aryl methyl sites for hydroxylation is 1. The van der Waals surface area contributed by atoms with E-state index in [1.807, 2.05) is 0 Å². The molecule has 1 heterocycles. The molecule has 0 atom stereocenters. The molecule has 188 valence electrons. The maximum absolute atomic E-state index is 5.32. The van der Waals surface area contributed by atoms with E-state index < -0.39 is 0 Å². The van der Waals surface area contributed by atoms with Crippen LogP contribution in [0.15, 0.2) is 84.9 Å². The second kappa shape index (κ2) is 13.2. The molecule has 0 saturated heterocycles. The summed E-state index contributed by atoms with van der Waals surface area (Å²) >= 11 is 0. The summed E-state index contributed by atoms with van der Waals surface area (Å²) in [5, 5.41) is 0. The lowest BCUT2D eigenvalue weighted by Gasteiger charge is -2.24. The van der Waals surface area contributed by atoms with Gasteiger partial charge >= 0.3 is 0 Å². The van der Waals surface area contributed by atoms with E-state index in [1.165, 1.54) is 60.1 Å². The molecule has 0 fully saturated rings. The number of rotatable bonds is 13. The molecule has 0 aliphatic heterocycles. The Kier molecular flexibility index (Phi) is 9.52. The summed E-state index contributed by atoms with van der Waals surface area (Å²) in [4.78, 5) is 7.94. The van der Waals surface area contributed by atoms with Crippen LogP contribution in [0.3, 0.4) is 0 Å². The Morgan fingerprint density at radius 3 is 2.08 bits per heavy atom. The molecule has 0 aliphatic rings. The Labute approximate surface area is 217 Å². The topological polar surface area (TPSA) is 21.1 Å². The van der Waals surface area contributed by atoms with E-state index >= 15 is 0 Å². The van der Waals surface area contributed by atoms with Gasteiger partial charge in [0, 0.05) is 30.8 Å². The number of unbranched alkanes of at least 4 members (excludes halogenated alkanes) is 3. The van der Waals surface area contributed by atoms with Crippen LogP contribution in [0.5, 0.6) is 0 Å². The molecule has 0 spiro atoms. The lowest BCUT2D eigenvalue weighted by Crippen LogP contribution is -2.26. The number of aromatic nitrogens is 2. The molecule has 0 saturated carbocycles. The third-order valence-corrected chi connectivity index (χ3v) is 6.83. The minimum absolute atomic E-state index is 0.893. The van der Waals surface area contributed by atoms with E-state index in [2.05, 4.69) is 115 Å². The summed E-state index contributed by atoms with van der Waals surface area (Å²) < 4.78 is 2.52. The first-order valence-corrected chi connectivity index (χ1v) is 13.7. The van der Waals surface area contributed by atoms with Gasteiger partial charge < -0.3 is 4.57 Å². The lowest BCUT2D eigenvalue weighted by atomic mass is 10.1. The van der Waals surface area contributed by atoms with Crippen molar-refractivity contribution >= 4 is 0 Å². The monoisotopic (exact) mass is 479 g/mol. The maximum atomic E-state index is 5.32. The molecular weight excluding hydrogens is 438 g/mol. The van der Waals surface area contributed by atoms with Gasteiger partial charge in [-0.05, 0) is 31.9 Å². The van der Waals surface area contributed by atoms with Crippen LogP contribution in [0.2, 0.25) is 0 Å². The van der Waals surface area contributed by atoms with Crippen molar-refractivity contribution in [3.63, 3.8) is 0 Å². The Balaban J connectivity index is 1.79. The van der Waals surface area contributed by atoms with Crippen LogP contribution in [0, 0.1) is 6.92 Å². The maximum Gasteiger partial charge on any atom is 0.140 e. The van der Waals surface area contributed by atoms with Crippen molar-refractivity contribution in [3.8, 4) is 22.6 Å². The van der Waals surface area contributed by atoms with E-state index in [0.29, 0.717) is 0 Å². The van der Waals surface area contributed by atoms with Crippen molar-refractivity contribution in [3.05, 3.63) is 102 Å². The fourth-order valence-electron chi connectivity index (χ4n) is 4.92. The number of hydrogen-bond donors (Lipinski definition) is 0. The van der Waals surface area contributed by atoms with Gasteiger partial charge in [0.2, 0.25) is 0 Å². The minimum atomic E-state index is 0.893. The van der Waals surface area contributed by atoms with E-state index in [4.69, 9.17) is 4.98 Å². The first-order valence-electron chi connectivity index (χ1n) is 13.7. The molecule has 0 N–H and O–H groups in total. The first-order chi connectivity index (χ1) is 17.7. The van der Waals surface area contributed by atoms with Gasteiger partial charge in [0.05, 0.1) is 11.4 Å². The molecule has 4 aromatic rings. The van der Waals surface area contributed by atoms with Crippen LogP contribution in [0.25, 0.3) is 22.6 Å². The Bertz CT molecular complexity index is 1190. The highest BCUT2D eigenvalue weighted by Crippen LogP contribution is 2.31. The lowest BCUT2D eigenvalue weighted by molar-refractivity contribution is 0.246. The summed E-state index contributed by atoms with van der Waals surface area (Å²) in [5.74, 6) is 1.09. The summed E-state index contributed by atoms with van der Waals surface area (Å²) in [6.07, 6.45) is 6.01. The highest BCUT2D eigenvalue weighted by Gasteiger charge is 2.21. The first kappa shape index (κ1) is 25.9. The van der Waals surface area contributed by atoms with Crippen LogP contribution in [-0.2, 0) is 19.6 Å². The van der Waals surface area contributed by atoms with Crippen LogP contribution in [0.4, 0.5) is 0 Å². The van der Waals surface area contributed by atoms with Crippen LogP contribution in [0.1, 0.15) is 62.8 Å². The molecule has 0 unspecified atom stereocenters. The molecule has 0 aliphatic carbocycles. The number of benzene rings is 3. The Hall–Kier alpha value is -3.17. The summed E-state index contributed by atoms with van der Waals surface area (Å²) in [6.45, 7) is 10.7. The molecular formula is C33H41N3. The zero-order valence-electron chi connectivity index (χ0n) is 22.3. The van der Waals surface area contributed by atoms with E-state index in [-0.39, 0.29) is 0 Å². The van der Waals surface area contributed by atoms with Gasteiger partial charge in [0.15, 0.2) is 0 Å². The van der Waals surface area contributed by atoms with Gasteiger partial charge in [-0.1, -0.05) is 124 Å². The molecule has 3 nitrogen and oxygen atoms in total. The zero-order valence-corrected chi connectivity index (χ0v) is 22.3. The molecule has 36 heavy (non-hydrogen) atoms. The SMILES string of the molecule is CCCCCn1c(-c2ccccc2)nc(-c2ccccc2)c1CN(CCCC)Cc1cccc(C)c1. The van der Waals surface area contributed by atoms with Crippen LogP contribution >= 0.6 is 0 Å². The van der Waals surface area contributed by atoms with Crippen molar-refractivity contribution in [1.82, 2.24) is 14.5 Å². The van der Waals surface area contributed by atoms with Gasteiger partial charge in [-0.15, -0.1) is 0 Å². The van der Waals surface area contributed by atoms with Crippen molar-refractivity contribution in [2.75, 3.05) is 6.54 Å². The Morgan fingerprint density at radius 1 is 0.722 bits per heavy atom. The third-order valence-electron chi connectivity index (χ3n) is 6.83. The normalized spacial score (nSPS) is 11.3. The fourth-order valence-corrected chi connectivity index (χ4v) is 4.92. The quantitative estimate of drug-likeness (QED) is 0.179. The average molecular weight is 480 g/mol.